The van der Waals surface area contributed by atoms with Crippen LogP contribution in [0.15, 0.2) is 77.7 Å². The second kappa shape index (κ2) is 11.3. The maximum absolute atomic E-state index is 13.5. The van der Waals surface area contributed by atoms with Crippen molar-refractivity contribution >= 4 is 50.7 Å². The average molecular weight is 546 g/mol. The number of amides is 2. The summed E-state index contributed by atoms with van der Waals surface area (Å²) in [6, 6.07) is 19.8. The summed E-state index contributed by atoms with van der Waals surface area (Å²) < 4.78 is 27.9. The normalized spacial score (nSPS) is 13.6. The van der Waals surface area contributed by atoms with Crippen LogP contribution in [-0.2, 0) is 32.7 Å². The van der Waals surface area contributed by atoms with E-state index in [1.54, 1.807) is 23.1 Å². The van der Waals surface area contributed by atoms with Crippen LogP contribution in [0.5, 0.6) is 0 Å². The minimum Gasteiger partial charge on any atom is -0.350 e. The fourth-order valence-electron chi connectivity index (χ4n) is 4.06. The van der Waals surface area contributed by atoms with Crippen LogP contribution >= 0.6 is 23.2 Å². The zero-order valence-corrected chi connectivity index (χ0v) is 21.7. The molecule has 0 radical (unpaired) electrons. The Bertz CT molecular complexity index is 1350. The molecule has 0 spiro atoms. The third kappa shape index (κ3) is 6.19. The summed E-state index contributed by atoms with van der Waals surface area (Å²) in [5.74, 6) is -0.381. The van der Waals surface area contributed by atoms with Crippen molar-refractivity contribution in [2.24, 2.45) is 0 Å². The highest BCUT2D eigenvalue weighted by atomic mass is 35.5. The molecule has 188 valence electrons. The molecule has 1 fully saturated rings. The van der Waals surface area contributed by atoms with Crippen LogP contribution in [0.2, 0.25) is 10.0 Å². The molecule has 1 aliphatic rings. The molecule has 0 aromatic heterocycles. The number of benzene rings is 3. The van der Waals surface area contributed by atoms with Crippen molar-refractivity contribution in [3.05, 3.63) is 94.0 Å². The Hall–Kier alpha value is -3.07. The van der Waals surface area contributed by atoms with Crippen LogP contribution in [0.4, 0.5) is 5.69 Å². The predicted molar refractivity (Wildman–Crippen MR) is 140 cm³/mol. The average Bonchev–Trinajstić information content (AvgIpc) is 3.26. The van der Waals surface area contributed by atoms with E-state index in [9.17, 15) is 18.0 Å². The number of hydrogen-bond donors (Lipinski definition) is 1. The Kier molecular flexibility index (Phi) is 8.18. The van der Waals surface area contributed by atoms with E-state index < -0.39 is 22.5 Å². The molecule has 10 heteroatoms. The first-order valence-electron chi connectivity index (χ1n) is 11.4. The van der Waals surface area contributed by atoms with E-state index in [1.165, 1.54) is 30.3 Å². The monoisotopic (exact) mass is 545 g/mol. The summed E-state index contributed by atoms with van der Waals surface area (Å²) in [4.78, 5) is 26.9. The Morgan fingerprint density at radius 2 is 1.58 bits per heavy atom. The van der Waals surface area contributed by atoms with Crippen molar-refractivity contribution < 1.29 is 18.0 Å². The molecule has 0 atom stereocenters. The SMILES string of the molecule is O=C(CN(c1cc(Cl)cc(Cl)c1)S(=O)(=O)c1ccccc1)NCc1ccccc1CN1CCCC1=O. The van der Waals surface area contributed by atoms with E-state index in [-0.39, 0.29) is 33.1 Å². The third-order valence-electron chi connectivity index (χ3n) is 5.88. The van der Waals surface area contributed by atoms with Gasteiger partial charge in [-0.25, -0.2) is 8.42 Å². The number of anilines is 1. The van der Waals surface area contributed by atoms with Gasteiger partial charge in [-0.15, -0.1) is 0 Å². The summed E-state index contributed by atoms with van der Waals surface area (Å²) >= 11 is 12.3. The molecule has 0 bridgehead atoms. The van der Waals surface area contributed by atoms with E-state index in [1.807, 2.05) is 24.3 Å². The summed E-state index contributed by atoms with van der Waals surface area (Å²) in [6.45, 7) is 0.904. The van der Waals surface area contributed by atoms with E-state index >= 15 is 0 Å². The van der Waals surface area contributed by atoms with E-state index in [2.05, 4.69) is 5.32 Å². The number of carbonyl (C=O) groups excluding carboxylic acids is 2. The molecule has 0 aliphatic carbocycles. The molecular formula is C26H25Cl2N3O4S. The summed E-state index contributed by atoms with van der Waals surface area (Å²) in [5.41, 5.74) is 1.97. The summed E-state index contributed by atoms with van der Waals surface area (Å²) in [5, 5.41) is 3.31. The molecule has 2 amide bonds. The fourth-order valence-corrected chi connectivity index (χ4v) is 6.00. The molecular weight excluding hydrogens is 521 g/mol. The molecule has 0 unspecified atom stereocenters. The lowest BCUT2D eigenvalue weighted by Gasteiger charge is -2.25. The van der Waals surface area contributed by atoms with Gasteiger partial charge in [0.1, 0.15) is 6.54 Å². The van der Waals surface area contributed by atoms with Gasteiger partial charge < -0.3 is 10.2 Å². The number of carbonyl (C=O) groups is 2. The van der Waals surface area contributed by atoms with Gasteiger partial charge in [0.15, 0.2) is 0 Å². The first-order valence-corrected chi connectivity index (χ1v) is 13.6. The molecule has 1 N–H and O–H groups in total. The topological polar surface area (TPSA) is 86.8 Å². The zero-order valence-electron chi connectivity index (χ0n) is 19.4. The number of nitrogens with zero attached hydrogens (tertiary/aromatic N) is 2. The second-order valence-electron chi connectivity index (χ2n) is 8.42. The highest BCUT2D eigenvalue weighted by Gasteiger charge is 2.28. The van der Waals surface area contributed by atoms with Crippen LogP contribution in [0, 0.1) is 0 Å². The molecule has 1 saturated heterocycles. The molecule has 0 saturated carbocycles. The van der Waals surface area contributed by atoms with Crippen LogP contribution in [0.1, 0.15) is 24.0 Å². The number of halogens is 2. The third-order valence-corrected chi connectivity index (χ3v) is 8.11. The largest absolute Gasteiger partial charge is 0.350 e. The fraction of sp³-hybridized carbons (Fsp3) is 0.231. The number of hydrogen-bond acceptors (Lipinski definition) is 4. The number of rotatable bonds is 9. The van der Waals surface area contributed by atoms with Crippen molar-refractivity contribution in [2.45, 2.75) is 30.8 Å². The number of likely N-dealkylation sites (tertiary alicyclic amines) is 1. The molecule has 1 heterocycles. The van der Waals surface area contributed by atoms with Crippen molar-refractivity contribution in [1.29, 1.82) is 0 Å². The van der Waals surface area contributed by atoms with Gasteiger partial charge in [-0.1, -0.05) is 65.7 Å². The van der Waals surface area contributed by atoms with Crippen LogP contribution in [0.3, 0.4) is 0 Å². The lowest BCUT2D eigenvalue weighted by Crippen LogP contribution is -2.40. The van der Waals surface area contributed by atoms with Crippen molar-refractivity contribution in [3.8, 4) is 0 Å². The Morgan fingerprint density at radius 1 is 0.944 bits per heavy atom. The molecule has 36 heavy (non-hydrogen) atoms. The van der Waals surface area contributed by atoms with Crippen LogP contribution in [-0.4, -0.2) is 38.2 Å². The predicted octanol–water partition coefficient (Wildman–Crippen LogP) is 4.63. The first kappa shape index (κ1) is 26.0. The van der Waals surface area contributed by atoms with Gasteiger partial charge in [0.25, 0.3) is 10.0 Å². The smallest absolute Gasteiger partial charge is 0.264 e. The summed E-state index contributed by atoms with van der Waals surface area (Å²) in [6.07, 6.45) is 1.40. The Labute approximate surface area is 220 Å². The standard InChI is InChI=1S/C26H25Cl2N3O4S/c27-21-13-22(28)15-23(14-21)31(36(34,35)24-9-2-1-3-10-24)18-25(32)29-16-19-7-4-5-8-20(19)17-30-12-6-11-26(30)33/h1-5,7-10,13-15H,6,11-12,16-18H2,(H,29,32). The van der Waals surface area contributed by atoms with Gasteiger partial charge in [-0.2, -0.15) is 0 Å². The molecule has 1 aliphatic heterocycles. The Balaban J connectivity index is 1.54. The maximum Gasteiger partial charge on any atom is 0.264 e. The zero-order chi connectivity index (χ0) is 25.7. The van der Waals surface area contributed by atoms with Crippen LogP contribution in [0.25, 0.3) is 0 Å². The lowest BCUT2D eigenvalue weighted by molar-refractivity contribution is -0.128. The summed E-state index contributed by atoms with van der Waals surface area (Å²) in [7, 11) is -4.08. The van der Waals surface area contributed by atoms with E-state index in [4.69, 9.17) is 23.2 Å². The van der Waals surface area contributed by atoms with Crippen LogP contribution < -0.4 is 9.62 Å². The van der Waals surface area contributed by atoms with Gasteiger partial charge in [-0.05, 0) is 47.9 Å². The van der Waals surface area contributed by atoms with Gasteiger partial charge >= 0.3 is 0 Å². The van der Waals surface area contributed by atoms with Gasteiger partial charge in [0.05, 0.1) is 10.6 Å². The molecule has 3 aromatic rings. The van der Waals surface area contributed by atoms with Gasteiger partial charge in [0, 0.05) is 36.1 Å². The highest BCUT2D eigenvalue weighted by Crippen LogP contribution is 2.29. The molecule has 3 aromatic carbocycles. The molecule has 7 nitrogen and oxygen atoms in total. The lowest BCUT2D eigenvalue weighted by atomic mass is 10.1. The van der Waals surface area contributed by atoms with Crippen molar-refractivity contribution in [3.63, 3.8) is 0 Å². The second-order valence-corrected chi connectivity index (χ2v) is 11.2. The minimum atomic E-state index is -4.08. The minimum absolute atomic E-state index is 0.0366. The number of sulfonamides is 1. The number of nitrogens with one attached hydrogen (secondary N) is 1. The van der Waals surface area contributed by atoms with E-state index in [0.717, 1.165) is 21.9 Å². The van der Waals surface area contributed by atoms with E-state index in [0.29, 0.717) is 19.5 Å². The van der Waals surface area contributed by atoms with Crippen molar-refractivity contribution in [1.82, 2.24) is 10.2 Å². The van der Waals surface area contributed by atoms with Gasteiger partial charge in [0.2, 0.25) is 11.8 Å². The Morgan fingerprint density at radius 3 is 2.22 bits per heavy atom. The first-order chi connectivity index (χ1) is 17.2. The maximum atomic E-state index is 13.5. The quantitative estimate of drug-likeness (QED) is 0.424. The van der Waals surface area contributed by atoms with Gasteiger partial charge in [-0.3, -0.25) is 13.9 Å². The molecule has 4 rings (SSSR count). The highest BCUT2D eigenvalue weighted by molar-refractivity contribution is 7.92. The van der Waals surface area contributed by atoms with Crippen molar-refractivity contribution in [2.75, 3.05) is 17.4 Å².